The number of fused-ring (bicyclic) bond motifs is 2. The minimum atomic E-state index is -1.63. The molecule has 0 saturated carbocycles. The second-order valence-electron chi connectivity index (χ2n) is 10.3. The Morgan fingerprint density at radius 3 is 2.67 bits per heavy atom. The summed E-state index contributed by atoms with van der Waals surface area (Å²) in [6, 6.07) is 6.14. The summed E-state index contributed by atoms with van der Waals surface area (Å²) in [6.07, 6.45) is 1.66. The Bertz CT molecular complexity index is 1760. The highest BCUT2D eigenvalue weighted by atomic mass is 19.1. The number of nitro groups is 1. The van der Waals surface area contributed by atoms with Crippen LogP contribution in [0.5, 0.6) is 5.75 Å². The second kappa shape index (κ2) is 10.4. The summed E-state index contributed by atoms with van der Waals surface area (Å²) in [7, 11) is 1.83. The van der Waals surface area contributed by atoms with E-state index < -0.39 is 23.2 Å². The van der Waals surface area contributed by atoms with Crippen molar-refractivity contribution >= 4 is 40.7 Å². The van der Waals surface area contributed by atoms with Crippen molar-refractivity contribution < 1.29 is 37.9 Å². The average molecular weight is 574 g/mol. The van der Waals surface area contributed by atoms with Crippen LogP contribution in [0.2, 0.25) is 0 Å². The standard InChI is InChI=1S/C30H24FN3O8/c1-15-19-4-3-5-20-22-12-33(2)25(27(22)32-24(26(19)20)11-23(15)31)10-21-16(13-35)14-40-29(36)28(21)42-30(37)41-18-8-6-17(7-9-18)34(38)39/h6-11,13,28H,3-5,12,14H2,1-2H3/b25-10-. The Morgan fingerprint density at radius 2 is 1.95 bits per heavy atom. The zero-order valence-electron chi connectivity index (χ0n) is 22.6. The molecule has 3 heterocycles. The number of halogens is 1. The first-order valence-electron chi connectivity index (χ1n) is 13.2. The van der Waals surface area contributed by atoms with E-state index in [1.54, 1.807) is 13.0 Å². The van der Waals surface area contributed by atoms with E-state index in [-0.39, 0.29) is 35.0 Å². The second-order valence-corrected chi connectivity index (χ2v) is 10.3. The van der Waals surface area contributed by atoms with Gasteiger partial charge in [-0.3, -0.25) is 14.9 Å². The molecule has 3 aromatic rings. The number of carbonyl (C=O) groups is 3. The molecular weight excluding hydrogens is 549 g/mol. The lowest BCUT2D eigenvalue weighted by atomic mass is 9.85. The van der Waals surface area contributed by atoms with Gasteiger partial charge in [0, 0.05) is 53.9 Å². The molecule has 42 heavy (non-hydrogen) atoms. The number of pyridine rings is 1. The molecule has 2 aromatic carbocycles. The number of aryl methyl sites for hydroxylation is 2. The monoisotopic (exact) mass is 573 g/mol. The van der Waals surface area contributed by atoms with Gasteiger partial charge in [0.2, 0.25) is 6.10 Å². The third kappa shape index (κ3) is 4.54. The number of nitro benzene ring substituents is 1. The van der Waals surface area contributed by atoms with E-state index in [2.05, 4.69) is 0 Å². The van der Waals surface area contributed by atoms with Crippen molar-refractivity contribution in [2.45, 2.75) is 38.8 Å². The fourth-order valence-electron chi connectivity index (χ4n) is 5.77. The number of hydrogen-bond donors (Lipinski definition) is 0. The summed E-state index contributed by atoms with van der Waals surface area (Å²) >= 11 is 0. The molecule has 0 amide bonds. The van der Waals surface area contributed by atoms with Crippen LogP contribution in [0.25, 0.3) is 16.6 Å². The van der Waals surface area contributed by atoms with E-state index in [1.165, 1.54) is 18.2 Å². The molecule has 1 aromatic heterocycles. The number of benzene rings is 2. The van der Waals surface area contributed by atoms with Crippen LogP contribution >= 0.6 is 0 Å². The van der Waals surface area contributed by atoms with Crippen molar-refractivity contribution in [3.63, 3.8) is 0 Å². The predicted molar refractivity (Wildman–Crippen MR) is 146 cm³/mol. The van der Waals surface area contributed by atoms with Gasteiger partial charge in [0.15, 0.2) is 0 Å². The van der Waals surface area contributed by atoms with Crippen LogP contribution in [0.15, 0.2) is 47.6 Å². The molecule has 0 radical (unpaired) electrons. The summed E-state index contributed by atoms with van der Waals surface area (Å²) in [5.74, 6) is -1.28. The molecular formula is C30H24FN3O8. The molecule has 0 fully saturated rings. The number of hydrogen-bond acceptors (Lipinski definition) is 10. The third-order valence-corrected chi connectivity index (χ3v) is 7.85. The molecule has 11 nitrogen and oxygen atoms in total. The Hall–Kier alpha value is -5.13. The van der Waals surface area contributed by atoms with Crippen LogP contribution in [-0.4, -0.2) is 53.0 Å². The van der Waals surface area contributed by atoms with Gasteiger partial charge in [-0.25, -0.2) is 19.0 Å². The van der Waals surface area contributed by atoms with Crippen LogP contribution in [-0.2, 0) is 38.4 Å². The van der Waals surface area contributed by atoms with Gasteiger partial charge < -0.3 is 19.1 Å². The smallest absolute Gasteiger partial charge is 0.458 e. The quantitative estimate of drug-likeness (QED) is 0.141. The van der Waals surface area contributed by atoms with Crippen molar-refractivity contribution in [3.8, 4) is 5.75 Å². The van der Waals surface area contributed by atoms with E-state index in [4.69, 9.17) is 19.2 Å². The number of ether oxygens (including phenoxy) is 3. The number of aldehydes is 1. The molecule has 12 heteroatoms. The lowest BCUT2D eigenvalue weighted by molar-refractivity contribution is -0.384. The van der Waals surface area contributed by atoms with Crippen molar-refractivity contribution in [1.82, 2.24) is 9.88 Å². The minimum absolute atomic E-state index is 0.0504. The molecule has 1 unspecified atom stereocenters. The first-order chi connectivity index (χ1) is 20.2. The van der Waals surface area contributed by atoms with Gasteiger partial charge in [-0.1, -0.05) is 0 Å². The fraction of sp³-hybridized carbons (Fsp3) is 0.267. The summed E-state index contributed by atoms with van der Waals surface area (Å²) in [4.78, 5) is 54.4. The Labute approximate surface area is 238 Å². The highest BCUT2D eigenvalue weighted by Gasteiger charge is 2.37. The molecule has 0 N–H and O–H groups in total. The maximum Gasteiger partial charge on any atom is 0.515 e. The van der Waals surface area contributed by atoms with Crippen molar-refractivity contribution in [2.24, 2.45) is 0 Å². The zero-order valence-corrected chi connectivity index (χ0v) is 22.6. The number of carbonyl (C=O) groups excluding carboxylic acids is 3. The van der Waals surface area contributed by atoms with Crippen LogP contribution in [0.3, 0.4) is 0 Å². The van der Waals surface area contributed by atoms with Gasteiger partial charge in [0.1, 0.15) is 24.5 Å². The highest BCUT2D eigenvalue weighted by Crippen LogP contribution is 2.42. The fourth-order valence-corrected chi connectivity index (χ4v) is 5.77. The largest absolute Gasteiger partial charge is 0.515 e. The zero-order chi connectivity index (χ0) is 29.7. The number of nitrogens with zero attached hydrogens (tertiary/aromatic N) is 3. The molecule has 1 atom stereocenters. The van der Waals surface area contributed by atoms with Crippen LogP contribution in [0.1, 0.15) is 34.4 Å². The van der Waals surface area contributed by atoms with Gasteiger partial charge in [-0.05, 0) is 61.1 Å². The molecule has 6 rings (SSSR count). The number of cyclic esters (lactones) is 1. The predicted octanol–water partition coefficient (Wildman–Crippen LogP) is 4.50. The van der Waals surface area contributed by atoms with E-state index in [0.29, 0.717) is 35.3 Å². The number of aromatic nitrogens is 1. The van der Waals surface area contributed by atoms with Gasteiger partial charge in [-0.15, -0.1) is 0 Å². The topological polar surface area (TPSA) is 138 Å². The van der Waals surface area contributed by atoms with E-state index >= 15 is 0 Å². The minimum Gasteiger partial charge on any atom is -0.458 e. The molecule has 0 bridgehead atoms. The van der Waals surface area contributed by atoms with Crippen LogP contribution in [0, 0.1) is 22.9 Å². The molecule has 214 valence electrons. The maximum atomic E-state index is 14.8. The Morgan fingerprint density at radius 1 is 1.21 bits per heavy atom. The maximum absolute atomic E-state index is 14.8. The molecule has 0 spiro atoms. The van der Waals surface area contributed by atoms with Gasteiger partial charge in [-0.2, -0.15) is 0 Å². The van der Waals surface area contributed by atoms with Crippen molar-refractivity contribution in [2.75, 3.05) is 13.7 Å². The lowest BCUT2D eigenvalue weighted by Gasteiger charge is -2.25. The first-order valence-corrected chi connectivity index (χ1v) is 13.2. The number of non-ortho nitro benzene ring substituents is 1. The summed E-state index contributed by atoms with van der Waals surface area (Å²) in [5.41, 5.74) is 5.40. The molecule has 3 aliphatic rings. The summed E-state index contributed by atoms with van der Waals surface area (Å²) in [5, 5.41) is 11.9. The first kappa shape index (κ1) is 27.1. The van der Waals surface area contributed by atoms with Crippen molar-refractivity contribution in [1.29, 1.82) is 0 Å². The molecule has 2 aliphatic heterocycles. The number of rotatable bonds is 5. The average Bonchev–Trinajstić information content (AvgIpc) is 3.28. The third-order valence-electron chi connectivity index (χ3n) is 7.85. The van der Waals surface area contributed by atoms with Crippen LogP contribution < -0.4 is 4.74 Å². The Kier molecular flexibility index (Phi) is 6.68. The van der Waals surface area contributed by atoms with E-state index in [1.807, 2.05) is 11.9 Å². The normalized spacial score (nSPS) is 18.6. The molecule has 0 saturated heterocycles. The Balaban J connectivity index is 1.38. The van der Waals surface area contributed by atoms with Crippen LogP contribution in [0.4, 0.5) is 14.9 Å². The van der Waals surface area contributed by atoms with Gasteiger partial charge in [0.25, 0.3) is 5.69 Å². The summed E-state index contributed by atoms with van der Waals surface area (Å²) in [6.45, 7) is 1.98. The highest BCUT2D eigenvalue weighted by molar-refractivity contribution is 5.94. The molecule has 1 aliphatic carbocycles. The SMILES string of the molecule is Cc1c(F)cc2nc3c(c4c2c1CCC4)CN(C)/C3=C\C1=C(C=O)COC(=O)C1OC(=O)Oc1ccc([N+](=O)[O-])cc1. The summed E-state index contributed by atoms with van der Waals surface area (Å²) < 4.78 is 30.3. The van der Waals surface area contributed by atoms with E-state index in [9.17, 15) is 28.9 Å². The lowest BCUT2D eigenvalue weighted by Crippen LogP contribution is -2.37. The van der Waals surface area contributed by atoms with Gasteiger partial charge >= 0.3 is 12.1 Å². The number of esters is 1. The van der Waals surface area contributed by atoms with Gasteiger partial charge in [0.05, 0.1) is 21.8 Å². The van der Waals surface area contributed by atoms with Crippen molar-refractivity contribution in [3.05, 3.63) is 91.4 Å². The van der Waals surface area contributed by atoms with E-state index in [0.717, 1.165) is 53.5 Å².